The van der Waals surface area contributed by atoms with Crippen molar-refractivity contribution in [1.82, 2.24) is 0 Å². The number of hydrogen-bond acceptors (Lipinski definition) is 3. The van der Waals surface area contributed by atoms with Crippen molar-refractivity contribution in [3.8, 4) is 11.1 Å². The lowest BCUT2D eigenvalue weighted by molar-refractivity contribution is 0.669. The lowest BCUT2D eigenvalue weighted by atomic mass is 10.0. The molecule has 9 rings (SSSR count). The summed E-state index contributed by atoms with van der Waals surface area (Å²) in [6, 6.07) is 53.1. The third-order valence-electron chi connectivity index (χ3n) is 8.46. The Bertz CT molecular complexity index is 2450. The Morgan fingerprint density at radius 1 is 0.395 bits per heavy atom. The molecule has 7 aromatic carbocycles. The lowest BCUT2D eigenvalue weighted by Gasteiger charge is -2.26. The van der Waals surface area contributed by atoms with Gasteiger partial charge in [-0.05, 0) is 77.2 Å². The molecule has 9 aromatic rings. The zero-order chi connectivity index (χ0) is 28.3. The van der Waals surface area contributed by atoms with Crippen molar-refractivity contribution in [3.63, 3.8) is 0 Å². The molecular formula is C40H25NO2. The Morgan fingerprint density at radius 2 is 1.09 bits per heavy atom. The summed E-state index contributed by atoms with van der Waals surface area (Å²) in [5, 5.41) is 6.82. The third-order valence-corrected chi connectivity index (χ3v) is 8.46. The summed E-state index contributed by atoms with van der Waals surface area (Å²) in [5.41, 5.74) is 9.18. The number of hydrogen-bond donors (Lipinski definition) is 0. The predicted molar refractivity (Wildman–Crippen MR) is 179 cm³/mol. The van der Waals surface area contributed by atoms with Crippen molar-refractivity contribution >= 4 is 71.7 Å². The Balaban J connectivity index is 1.17. The summed E-state index contributed by atoms with van der Waals surface area (Å²) in [4.78, 5) is 2.31. The fraction of sp³-hybridized carbons (Fsp3) is 0. The zero-order valence-electron chi connectivity index (χ0n) is 23.2. The monoisotopic (exact) mass is 551 g/mol. The fourth-order valence-electron chi connectivity index (χ4n) is 6.43. The maximum atomic E-state index is 6.35. The normalized spacial score (nSPS) is 11.7. The molecule has 0 saturated heterocycles. The van der Waals surface area contributed by atoms with E-state index < -0.39 is 0 Å². The molecule has 0 atom stereocenters. The topological polar surface area (TPSA) is 29.5 Å². The molecule has 43 heavy (non-hydrogen) atoms. The average molecular weight is 552 g/mol. The van der Waals surface area contributed by atoms with Crippen molar-refractivity contribution in [3.05, 3.63) is 152 Å². The van der Waals surface area contributed by atoms with E-state index in [2.05, 4.69) is 138 Å². The molecule has 0 amide bonds. The Morgan fingerprint density at radius 3 is 1.98 bits per heavy atom. The van der Waals surface area contributed by atoms with Crippen LogP contribution in [0.2, 0.25) is 0 Å². The minimum absolute atomic E-state index is 0.879. The second-order valence-electron chi connectivity index (χ2n) is 10.9. The quantitative estimate of drug-likeness (QED) is 0.218. The molecule has 3 nitrogen and oxygen atoms in total. The molecule has 0 radical (unpaired) electrons. The van der Waals surface area contributed by atoms with Gasteiger partial charge in [0.05, 0.1) is 11.1 Å². The van der Waals surface area contributed by atoms with Crippen molar-refractivity contribution in [1.29, 1.82) is 0 Å². The number of anilines is 3. The van der Waals surface area contributed by atoms with Crippen LogP contribution in [-0.2, 0) is 0 Å². The molecular weight excluding hydrogens is 526 g/mol. The molecule has 0 unspecified atom stereocenters. The van der Waals surface area contributed by atoms with Crippen LogP contribution in [0.5, 0.6) is 0 Å². The highest BCUT2D eigenvalue weighted by atomic mass is 16.3. The highest BCUT2D eigenvalue weighted by Crippen LogP contribution is 2.43. The minimum Gasteiger partial charge on any atom is -0.456 e. The summed E-state index contributed by atoms with van der Waals surface area (Å²) >= 11 is 0. The SMILES string of the molecule is c1ccc(N(c2ccc(-c3ccc4oc5c6ccccc6ccc5c4c3)cc2)c2cccc3oc4ccccc4c23)cc1. The predicted octanol–water partition coefficient (Wildman–Crippen LogP) is 11.8. The van der Waals surface area contributed by atoms with E-state index in [4.69, 9.17) is 8.83 Å². The molecule has 0 saturated carbocycles. The van der Waals surface area contributed by atoms with Crippen LogP contribution < -0.4 is 4.90 Å². The first-order valence-corrected chi connectivity index (χ1v) is 14.5. The number of nitrogens with zero attached hydrogens (tertiary/aromatic N) is 1. The van der Waals surface area contributed by atoms with Crippen LogP contribution in [0, 0.1) is 0 Å². The van der Waals surface area contributed by atoms with E-state index in [9.17, 15) is 0 Å². The van der Waals surface area contributed by atoms with Gasteiger partial charge in [0.1, 0.15) is 22.3 Å². The van der Waals surface area contributed by atoms with E-state index >= 15 is 0 Å². The number of benzene rings is 7. The van der Waals surface area contributed by atoms with Crippen LogP contribution in [0.3, 0.4) is 0 Å². The molecule has 2 aromatic heterocycles. The van der Waals surface area contributed by atoms with Gasteiger partial charge in [-0.1, -0.05) is 91.0 Å². The number of rotatable bonds is 4. The van der Waals surface area contributed by atoms with Crippen LogP contribution in [0.1, 0.15) is 0 Å². The maximum Gasteiger partial charge on any atom is 0.143 e. The largest absolute Gasteiger partial charge is 0.456 e. The van der Waals surface area contributed by atoms with Crippen molar-refractivity contribution in [2.75, 3.05) is 4.90 Å². The summed E-state index contributed by atoms with van der Waals surface area (Å²) < 4.78 is 12.6. The van der Waals surface area contributed by atoms with Gasteiger partial charge in [-0.15, -0.1) is 0 Å². The van der Waals surface area contributed by atoms with Crippen molar-refractivity contribution < 1.29 is 8.83 Å². The summed E-state index contributed by atoms with van der Waals surface area (Å²) in [6.45, 7) is 0. The van der Waals surface area contributed by atoms with Crippen LogP contribution in [0.25, 0.3) is 65.8 Å². The van der Waals surface area contributed by atoms with E-state index in [1.807, 2.05) is 18.2 Å². The summed E-state index contributed by atoms with van der Waals surface area (Å²) in [5.74, 6) is 0. The van der Waals surface area contributed by atoms with Gasteiger partial charge < -0.3 is 13.7 Å². The first-order chi connectivity index (χ1) is 21.3. The van der Waals surface area contributed by atoms with E-state index in [1.165, 1.54) is 5.39 Å². The highest BCUT2D eigenvalue weighted by Gasteiger charge is 2.19. The van der Waals surface area contributed by atoms with Crippen LogP contribution in [0.4, 0.5) is 17.1 Å². The van der Waals surface area contributed by atoms with E-state index in [1.54, 1.807) is 0 Å². The van der Waals surface area contributed by atoms with Crippen LogP contribution in [0.15, 0.2) is 160 Å². The van der Waals surface area contributed by atoms with Crippen LogP contribution in [-0.4, -0.2) is 0 Å². The van der Waals surface area contributed by atoms with Crippen LogP contribution >= 0.6 is 0 Å². The molecule has 202 valence electrons. The first-order valence-electron chi connectivity index (χ1n) is 14.5. The number of fused-ring (bicyclic) bond motifs is 8. The van der Waals surface area contributed by atoms with Gasteiger partial charge in [0.25, 0.3) is 0 Å². The molecule has 0 aliphatic rings. The van der Waals surface area contributed by atoms with Gasteiger partial charge in [-0.2, -0.15) is 0 Å². The minimum atomic E-state index is 0.879. The molecule has 0 aliphatic carbocycles. The fourth-order valence-corrected chi connectivity index (χ4v) is 6.43. The van der Waals surface area contributed by atoms with E-state index in [0.717, 1.165) is 77.5 Å². The second kappa shape index (κ2) is 9.37. The lowest BCUT2D eigenvalue weighted by Crippen LogP contribution is -2.10. The molecule has 0 aliphatic heterocycles. The van der Waals surface area contributed by atoms with Crippen molar-refractivity contribution in [2.24, 2.45) is 0 Å². The van der Waals surface area contributed by atoms with Gasteiger partial charge >= 0.3 is 0 Å². The molecule has 0 fully saturated rings. The third kappa shape index (κ3) is 3.75. The smallest absolute Gasteiger partial charge is 0.143 e. The van der Waals surface area contributed by atoms with E-state index in [0.29, 0.717) is 0 Å². The molecule has 0 N–H and O–H groups in total. The average Bonchev–Trinajstić information content (AvgIpc) is 3.64. The number of para-hydroxylation sites is 2. The molecule has 3 heteroatoms. The van der Waals surface area contributed by atoms with Gasteiger partial charge in [0, 0.05) is 32.9 Å². The van der Waals surface area contributed by atoms with Crippen molar-refractivity contribution in [2.45, 2.75) is 0 Å². The van der Waals surface area contributed by atoms with Gasteiger partial charge in [0.15, 0.2) is 0 Å². The maximum absolute atomic E-state index is 6.35. The Kier molecular flexibility index (Phi) is 5.20. The summed E-state index contributed by atoms with van der Waals surface area (Å²) in [7, 11) is 0. The van der Waals surface area contributed by atoms with Gasteiger partial charge in [-0.3, -0.25) is 0 Å². The van der Waals surface area contributed by atoms with E-state index in [-0.39, 0.29) is 0 Å². The van der Waals surface area contributed by atoms with Gasteiger partial charge in [-0.25, -0.2) is 0 Å². The Hall–Kier alpha value is -5.80. The van der Waals surface area contributed by atoms with Gasteiger partial charge in [0.2, 0.25) is 0 Å². The highest BCUT2D eigenvalue weighted by molar-refractivity contribution is 6.16. The zero-order valence-corrected chi connectivity index (χ0v) is 23.2. The Labute approximate surface area is 247 Å². The molecule has 0 bridgehead atoms. The first kappa shape index (κ1) is 23.9. The standard InChI is InChI=1S/C40H25NO2/c1-2-10-29(11-3-1)41(35-14-8-16-38-39(35)33-13-6-7-15-36(33)42-38)30-21-17-26(18-22-30)28-20-24-37-34(25-28)32-23-19-27-9-4-5-12-31(27)40(32)43-37/h1-25H. The molecule has 0 spiro atoms. The summed E-state index contributed by atoms with van der Waals surface area (Å²) in [6.07, 6.45) is 0. The molecule has 2 heterocycles. The number of furan rings is 2. The second-order valence-corrected chi connectivity index (χ2v) is 10.9.